The van der Waals surface area contributed by atoms with Crippen LogP contribution in [0.25, 0.3) is 11.1 Å². The number of nitrogens with zero attached hydrogens (tertiary/aromatic N) is 1. The van der Waals surface area contributed by atoms with Crippen molar-refractivity contribution < 1.29 is 9.18 Å². The number of pyridine rings is 1. The van der Waals surface area contributed by atoms with Crippen LogP contribution in [0.5, 0.6) is 0 Å². The highest BCUT2D eigenvalue weighted by molar-refractivity contribution is 5.89. The van der Waals surface area contributed by atoms with Crippen molar-refractivity contribution in [1.29, 1.82) is 0 Å². The van der Waals surface area contributed by atoms with Gasteiger partial charge in [0, 0.05) is 23.6 Å². The zero-order valence-corrected chi connectivity index (χ0v) is 15.4. The molecule has 27 heavy (non-hydrogen) atoms. The van der Waals surface area contributed by atoms with Gasteiger partial charge < -0.3 is 10.6 Å². The number of carbonyl (C=O) groups is 1. The summed E-state index contributed by atoms with van der Waals surface area (Å²) in [6.07, 6.45) is 2.42. The Morgan fingerprint density at radius 1 is 1.04 bits per heavy atom. The normalized spacial score (nSPS) is 11.7. The van der Waals surface area contributed by atoms with Gasteiger partial charge in [0.05, 0.1) is 0 Å². The maximum atomic E-state index is 13.0. The first-order valence-corrected chi connectivity index (χ1v) is 8.84. The summed E-state index contributed by atoms with van der Waals surface area (Å²) >= 11 is 0. The third-order valence-electron chi connectivity index (χ3n) is 4.21. The molecule has 2 aromatic carbocycles. The third-order valence-corrected chi connectivity index (χ3v) is 4.21. The van der Waals surface area contributed by atoms with Crippen molar-refractivity contribution in [3.8, 4) is 11.1 Å². The fraction of sp³-hybridized carbons (Fsp3) is 0.182. The minimum atomic E-state index is -0.267. The van der Waals surface area contributed by atoms with Crippen molar-refractivity contribution in [2.75, 3.05) is 5.32 Å². The fourth-order valence-electron chi connectivity index (χ4n) is 2.89. The molecule has 2 N–H and O–H groups in total. The summed E-state index contributed by atoms with van der Waals surface area (Å²) in [5.41, 5.74) is 4.81. The predicted molar refractivity (Wildman–Crippen MR) is 106 cm³/mol. The summed E-state index contributed by atoms with van der Waals surface area (Å²) in [6, 6.07) is 17.6. The Morgan fingerprint density at radius 2 is 1.74 bits per heavy atom. The molecule has 5 heteroatoms. The maximum absolute atomic E-state index is 13.0. The second-order valence-electron chi connectivity index (χ2n) is 6.59. The standard InChI is InChI=1S/C22H22FN3O/c1-15-14-19(11-12-24-15)18-5-9-21(10-6-18)26-22(27)25-16(2)13-17-3-7-20(23)8-4-17/h3-12,14,16H,13H2,1-2H3,(H2,25,26,27)/t16-/m0/s1. The Kier molecular flexibility index (Phi) is 5.81. The molecule has 0 aliphatic heterocycles. The Labute approximate surface area is 158 Å². The summed E-state index contributed by atoms with van der Waals surface area (Å²) in [5.74, 6) is -0.262. The lowest BCUT2D eigenvalue weighted by molar-refractivity contribution is 0.249. The predicted octanol–water partition coefficient (Wildman–Crippen LogP) is 4.95. The van der Waals surface area contributed by atoms with Gasteiger partial charge in [-0.3, -0.25) is 4.98 Å². The molecule has 2 amide bonds. The third kappa shape index (κ3) is 5.38. The van der Waals surface area contributed by atoms with E-state index in [0.29, 0.717) is 6.42 Å². The topological polar surface area (TPSA) is 54.0 Å². The summed E-state index contributed by atoms with van der Waals surface area (Å²) in [5, 5.41) is 5.73. The van der Waals surface area contributed by atoms with Crippen molar-refractivity contribution in [2.24, 2.45) is 0 Å². The van der Waals surface area contributed by atoms with Crippen LogP contribution in [0.4, 0.5) is 14.9 Å². The van der Waals surface area contributed by atoms with Crippen LogP contribution in [-0.2, 0) is 6.42 Å². The molecule has 0 aliphatic carbocycles. The molecule has 0 unspecified atom stereocenters. The van der Waals surface area contributed by atoms with Crippen molar-refractivity contribution in [3.05, 3.63) is 83.9 Å². The molecule has 1 heterocycles. The highest BCUT2D eigenvalue weighted by Gasteiger charge is 2.09. The number of hydrogen-bond acceptors (Lipinski definition) is 2. The number of urea groups is 1. The largest absolute Gasteiger partial charge is 0.335 e. The van der Waals surface area contributed by atoms with Gasteiger partial charge in [0.1, 0.15) is 5.82 Å². The van der Waals surface area contributed by atoms with Crippen molar-refractivity contribution in [3.63, 3.8) is 0 Å². The highest BCUT2D eigenvalue weighted by Crippen LogP contribution is 2.21. The average molecular weight is 363 g/mol. The molecule has 4 nitrogen and oxygen atoms in total. The van der Waals surface area contributed by atoms with Crippen LogP contribution in [0.2, 0.25) is 0 Å². The molecule has 0 radical (unpaired) electrons. The van der Waals surface area contributed by atoms with Crippen LogP contribution in [0.1, 0.15) is 18.2 Å². The monoisotopic (exact) mass is 363 g/mol. The van der Waals surface area contributed by atoms with Gasteiger partial charge in [0.2, 0.25) is 0 Å². The smallest absolute Gasteiger partial charge is 0.319 e. The van der Waals surface area contributed by atoms with Gasteiger partial charge in [-0.15, -0.1) is 0 Å². The van der Waals surface area contributed by atoms with Gasteiger partial charge in [-0.25, -0.2) is 9.18 Å². The molecule has 0 saturated carbocycles. The molecule has 0 bridgehead atoms. The number of aryl methyl sites for hydroxylation is 1. The highest BCUT2D eigenvalue weighted by atomic mass is 19.1. The molecule has 138 valence electrons. The summed E-state index contributed by atoms with van der Waals surface area (Å²) in [6.45, 7) is 3.87. The lowest BCUT2D eigenvalue weighted by Gasteiger charge is -2.15. The van der Waals surface area contributed by atoms with Gasteiger partial charge in [-0.1, -0.05) is 24.3 Å². The minimum absolute atomic E-state index is 0.0745. The average Bonchev–Trinajstić information content (AvgIpc) is 2.64. The van der Waals surface area contributed by atoms with Gasteiger partial charge in [0.15, 0.2) is 0 Å². The van der Waals surface area contributed by atoms with Gasteiger partial charge in [-0.2, -0.15) is 0 Å². The van der Waals surface area contributed by atoms with E-state index in [1.807, 2.05) is 50.2 Å². The minimum Gasteiger partial charge on any atom is -0.335 e. The Morgan fingerprint density at radius 3 is 2.41 bits per heavy atom. The van der Waals surface area contributed by atoms with Crippen LogP contribution in [-0.4, -0.2) is 17.1 Å². The van der Waals surface area contributed by atoms with Crippen molar-refractivity contribution >= 4 is 11.7 Å². The van der Waals surface area contributed by atoms with Crippen LogP contribution in [0, 0.1) is 12.7 Å². The number of benzene rings is 2. The molecule has 0 fully saturated rings. The van der Waals surface area contributed by atoms with E-state index in [1.165, 1.54) is 12.1 Å². The molecule has 3 aromatic rings. The maximum Gasteiger partial charge on any atom is 0.319 e. The number of amides is 2. The molecule has 1 aromatic heterocycles. The van der Waals surface area contributed by atoms with E-state index in [-0.39, 0.29) is 17.9 Å². The van der Waals surface area contributed by atoms with E-state index in [0.717, 1.165) is 28.1 Å². The molecule has 0 spiro atoms. The van der Waals surface area contributed by atoms with E-state index in [2.05, 4.69) is 15.6 Å². The Balaban J connectivity index is 1.55. The van der Waals surface area contributed by atoms with E-state index in [9.17, 15) is 9.18 Å². The van der Waals surface area contributed by atoms with Crippen molar-refractivity contribution in [1.82, 2.24) is 10.3 Å². The quantitative estimate of drug-likeness (QED) is 0.674. The molecular formula is C22H22FN3O. The first kappa shape index (κ1) is 18.6. The number of anilines is 1. The van der Waals surface area contributed by atoms with E-state index in [4.69, 9.17) is 0 Å². The second-order valence-corrected chi connectivity index (χ2v) is 6.59. The van der Waals surface area contributed by atoms with Gasteiger partial charge >= 0.3 is 6.03 Å². The lowest BCUT2D eigenvalue weighted by atomic mass is 10.1. The lowest BCUT2D eigenvalue weighted by Crippen LogP contribution is -2.37. The number of nitrogens with one attached hydrogen (secondary N) is 2. The molecule has 0 saturated heterocycles. The first-order valence-electron chi connectivity index (χ1n) is 8.84. The number of hydrogen-bond donors (Lipinski definition) is 2. The van der Waals surface area contributed by atoms with Crippen molar-refractivity contribution in [2.45, 2.75) is 26.3 Å². The van der Waals surface area contributed by atoms with Crippen LogP contribution in [0.15, 0.2) is 66.9 Å². The van der Waals surface area contributed by atoms with Crippen LogP contribution < -0.4 is 10.6 Å². The summed E-state index contributed by atoms with van der Waals surface area (Å²) in [7, 11) is 0. The van der Waals surface area contributed by atoms with E-state index in [1.54, 1.807) is 18.3 Å². The number of carbonyl (C=O) groups excluding carboxylic acids is 1. The van der Waals surface area contributed by atoms with Gasteiger partial charge in [-0.05, 0) is 73.4 Å². The Hall–Kier alpha value is -3.21. The SMILES string of the molecule is Cc1cc(-c2ccc(NC(=O)N[C@@H](C)Cc3ccc(F)cc3)cc2)ccn1. The zero-order valence-electron chi connectivity index (χ0n) is 15.4. The Bertz CT molecular complexity index is 908. The number of aromatic nitrogens is 1. The van der Waals surface area contributed by atoms with E-state index < -0.39 is 0 Å². The number of halogens is 1. The summed E-state index contributed by atoms with van der Waals surface area (Å²) < 4.78 is 13.0. The van der Waals surface area contributed by atoms with Crippen LogP contribution >= 0.6 is 0 Å². The zero-order chi connectivity index (χ0) is 19.2. The van der Waals surface area contributed by atoms with E-state index >= 15 is 0 Å². The molecule has 1 atom stereocenters. The molecular weight excluding hydrogens is 341 g/mol. The molecule has 3 rings (SSSR count). The number of rotatable bonds is 5. The van der Waals surface area contributed by atoms with Crippen LogP contribution in [0.3, 0.4) is 0 Å². The summed E-state index contributed by atoms with van der Waals surface area (Å²) in [4.78, 5) is 16.4. The fourth-order valence-corrected chi connectivity index (χ4v) is 2.89. The van der Waals surface area contributed by atoms with Gasteiger partial charge in [0.25, 0.3) is 0 Å². The molecule has 0 aliphatic rings. The second kappa shape index (κ2) is 8.45. The first-order chi connectivity index (χ1) is 13.0.